The zero-order valence-electron chi connectivity index (χ0n) is 13.1. The molecule has 1 aliphatic heterocycles. The zero-order chi connectivity index (χ0) is 17.8. The SMILES string of the molecule is O=C(Nc1ccc(Cl)c(Cl)c1)N1CCCC(Oc2ncc(F)cn2)C1. The Kier molecular flexibility index (Phi) is 5.55. The minimum atomic E-state index is -0.529. The molecule has 1 aromatic carbocycles. The van der Waals surface area contributed by atoms with Crippen molar-refractivity contribution in [2.75, 3.05) is 18.4 Å². The van der Waals surface area contributed by atoms with Crippen LogP contribution in [-0.2, 0) is 0 Å². The molecule has 1 N–H and O–H groups in total. The molecule has 6 nitrogen and oxygen atoms in total. The molecule has 0 bridgehead atoms. The maximum Gasteiger partial charge on any atom is 0.321 e. The largest absolute Gasteiger partial charge is 0.458 e. The van der Waals surface area contributed by atoms with Crippen molar-refractivity contribution in [1.29, 1.82) is 0 Å². The van der Waals surface area contributed by atoms with Gasteiger partial charge in [0.05, 0.1) is 29.0 Å². The second kappa shape index (κ2) is 7.84. The van der Waals surface area contributed by atoms with Crippen LogP contribution in [-0.4, -0.2) is 40.1 Å². The number of rotatable bonds is 3. The van der Waals surface area contributed by atoms with E-state index in [1.165, 1.54) is 0 Å². The Morgan fingerprint density at radius 3 is 2.76 bits per heavy atom. The zero-order valence-corrected chi connectivity index (χ0v) is 14.6. The van der Waals surface area contributed by atoms with Gasteiger partial charge in [-0.3, -0.25) is 0 Å². The molecule has 1 saturated heterocycles. The van der Waals surface area contributed by atoms with Crippen LogP contribution < -0.4 is 10.1 Å². The first-order valence-electron chi connectivity index (χ1n) is 7.66. The molecule has 0 spiro atoms. The number of carbonyl (C=O) groups is 1. The number of piperidine rings is 1. The number of nitrogens with one attached hydrogen (secondary N) is 1. The number of halogens is 3. The maximum absolute atomic E-state index is 12.8. The molecule has 1 aliphatic rings. The molecular formula is C16H15Cl2FN4O2. The summed E-state index contributed by atoms with van der Waals surface area (Å²) in [6.07, 6.45) is 3.37. The fraction of sp³-hybridized carbons (Fsp3) is 0.312. The summed E-state index contributed by atoms with van der Waals surface area (Å²) in [5.74, 6) is -0.529. The number of urea groups is 1. The van der Waals surface area contributed by atoms with E-state index in [1.54, 1.807) is 23.1 Å². The predicted molar refractivity (Wildman–Crippen MR) is 92.7 cm³/mol. The third kappa shape index (κ3) is 4.70. The van der Waals surface area contributed by atoms with E-state index in [0.29, 0.717) is 28.8 Å². The molecule has 1 aromatic heterocycles. The number of hydrogen-bond acceptors (Lipinski definition) is 4. The van der Waals surface area contributed by atoms with Gasteiger partial charge < -0.3 is 15.0 Å². The van der Waals surface area contributed by atoms with E-state index in [2.05, 4.69) is 15.3 Å². The summed E-state index contributed by atoms with van der Waals surface area (Å²) in [7, 11) is 0. The lowest BCUT2D eigenvalue weighted by Crippen LogP contribution is -2.46. The van der Waals surface area contributed by atoms with E-state index < -0.39 is 5.82 Å². The molecule has 2 aromatic rings. The summed E-state index contributed by atoms with van der Waals surface area (Å²) in [5, 5.41) is 3.57. The lowest BCUT2D eigenvalue weighted by Gasteiger charge is -2.32. The van der Waals surface area contributed by atoms with Gasteiger partial charge in [-0.15, -0.1) is 0 Å². The monoisotopic (exact) mass is 384 g/mol. The number of carbonyl (C=O) groups excluding carboxylic acids is 1. The Labute approximate surface area is 153 Å². The van der Waals surface area contributed by atoms with Gasteiger partial charge in [-0.1, -0.05) is 23.2 Å². The summed E-state index contributed by atoms with van der Waals surface area (Å²) in [5.41, 5.74) is 0.560. The van der Waals surface area contributed by atoms with Gasteiger partial charge in [-0.25, -0.2) is 19.2 Å². The van der Waals surface area contributed by atoms with Crippen LogP contribution in [0, 0.1) is 5.82 Å². The summed E-state index contributed by atoms with van der Waals surface area (Å²) < 4.78 is 18.5. The molecule has 0 saturated carbocycles. The van der Waals surface area contributed by atoms with Crippen LogP contribution in [0.5, 0.6) is 6.01 Å². The Balaban J connectivity index is 1.59. The van der Waals surface area contributed by atoms with Gasteiger partial charge in [0.25, 0.3) is 0 Å². The molecule has 1 unspecified atom stereocenters. The van der Waals surface area contributed by atoms with Crippen LogP contribution in [0.1, 0.15) is 12.8 Å². The van der Waals surface area contributed by atoms with Crippen LogP contribution in [0.2, 0.25) is 10.0 Å². The Bertz CT molecular complexity index is 760. The van der Waals surface area contributed by atoms with E-state index >= 15 is 0 Å². The van der Waals surface area contributed by atoms with Crippen molar-refractivity contribution in [3.05, 3.63) is 46.5 Å². The Morgan fingerprint density at radius 1 is 1.28 bits per heavy atom. The Morgan fingerprint density at radius 2 is 2.04 bits per heavy atom. The third-order valence-electron chi connectivity index (χ3n) is 3.70. The number of nitrogens with zero attached hydrogens (tertiary/aromatic N) is 3. The van der Waals surface area contributed by atoms with Crippen molar-refractivity contribution in [2.24, 2.45) is 0 Å². The molecule has 132 valence electrons. The standard InChI is InChI=1S/C16H15Cl2FN4O2/c17-13-4-3-11(6-14(13)18)22-16(24)23-5-1-2-12(9-23)25-15-20-7-10(19)8-21-15/h3-4,6-8,12H,1-2,5,9H2,(H,22,24). The number of hydrogen-bond donors (Lipinski definition) is 1. The van der Waals surface area contributed by atoms with Gasteiger partial charge in [0, 0.05) is 12.2 Å². The van der Waals surface area contributed by atoms with Gasteiger partial charge in [0.2, 0.25) is 0 Å². The first kappa shape index (κ1) is 17.7. The quantitative estimate of drug-likeness (QED) is 0.868. The van der Waals surface area contributed by atoms with Crippen molar-refractivity contribution < 1.29 is 13.9 Å². The van der Waals surface area contributed by atoms with Gasteiger partial charge in [-0.05, 0) is 31.0 Å². The van der Waals surface area contributed by atoms with E-state index in [-0.39, 0.29) is 18.1 Å². The second-order valence-corrected chi connectivity index (χ2v) is 6.39. The average Bonchev–Trinajstić information content (AvgIpc) is 2.60. The normalized spacial score (nSPS) is 17.2. The Hall–Kier alpha value is -2.12. The van der Waals surface area contributed by atoms with Crippen LogP contribution in [0.4, 0.5) is 14.9 Å². The smallest absolute Gasteiger partial charge is 0.321 e. The lowest BCUT2D eigenvalue weighted by atomic mass is 10.1. The number of amides is 2. The highest BCUT2D eigenvalue weighted by Gasteiger charge is 2.25. The molecule has 0 radical (unpaired) electrons. The van der Waals surface area contributed by atoms with E-state index in [9.17, 15) is 9.18 Å². The van der Waals surface area contributed by atoms with Gasteiger partial charge in [0.1, 0.15) is 6.10 Å². The fourth-order valence-corrected chi connectivity index (χ4v) is 2.80. The molecule has 0 aliphatic carbocycles. The number of anilines is 1. The van der Waals surface area contributed by atoms with E-state index in [4.69, 9.17) is 27.9 Å². The van der Waals surface area contributed by atoms with E-state index in [1.807, 2.05) is 0 Å². The molecule has 2 heterocycles. The number of ether oxygens (including phenoxy) is 1. The van der Waals surface area contributed by atoms with Crippen molar-refractivity contribution in [3.63, 3.8) is 0 Å². The van der Waals surface area contributed by atoms with Crippen molar-refractivity contribution in [2.45, 2.75) is 18.9 Å². The van der Waals surface area contributed by atoms with Crippen molar-refractivity contribution in [1.82, 2.24) is 14.9 Å². The van der Waals surface area contributed by atoms with Crippen molar-refractivity contribution >= 4 is 34.9 Å². The number of benzene rings is 1. The maximum atomic E-state index is 12.8. The molecule has 3 rings (SSSR count). The fourth-order valence-electron chi connectivity index (χ4n) is 2.51. The van der Waals surface area contributed by atoms with Crippen LogP contribution in [0.15, 0.2) is 30.6 Å². The minimum Gasteiger partial charge on any atom is -0.458 e. The molecule has 1 atom stereocenters. The molecule has 9 heteroatoms. The number of aromatic nitrogens is 2. The molecule has 2 amide bonds. The highest BCUT2D eigenvalue weighted by atomic mass is 35.5. The molecule has 25 heavy (non-hydrogen) atoms. The minimum absolute atomic E-state index is 0.0955. The first-order valence-corrected chi connectivity index (χ1v) is 8.42. The summed E-state index contributed by atoms with van der Waals surface area (Å²) >= 11 is 11.8. The molecular weight excluding hydrogens is 370 g/mol. The molecule has 1 fully saturated rings. The summed E-state index contributed by atoms with van der Waals surface area (Å²) in [6, 6.07) is 4.72. The average molecular weight is 385 g/mol. The van der Waals surface area contributed by atoms with Crippen molar-refractivity contribution in [3.8, 4) is 6.01 Å². The van der Waals surface area contributed by atoms with Crippen LogP contribution in [0.25, 0.3) is 0 Å². The summed E-state index contributed by atoms with van der Waals surface area (Å²) in [4.78, 5) is 21.6. The highest BCUT2D eigenvalue weighted by molar-refractivity contribution is 6.42. The number of likely N-dealkylation sites (tertiary alicyclic amines) is 1. The van der Waals surface area contributed by atoms with Gasteiger partial charge in [0.15, 0.2) is 5.82 Å². The van der Waals surface area contributed by atoms with Crippen LogP contribution in [0.3, 0.4) is 0 Å². The van der Waals surface area contributed by atoms with E-state index in [0.717, 1.165) is 25.2 Å². The topological polar surface area (TPSA) is 67.4 Å². The second-order valence-electron chi connectivity index (χ2n) is 5.57. The predicted octanol–water partition coefficient (Wildman–Crippen LogP) is 4.00. The highest BCUT2D eigenvalue weighted by Crippen LogP contribution is 2.25. The van der Waals surface area contributed by atoms with Gasteiger partial charge in [-0.2, -0.15) is 0 Å². The van der Waals surface area contributed by atoms with Gasteiger partial charge >= 0.3 is 12.0 Å². The summed E-state index contributed by atoms with van der Waals surface area (Å²) in [6.45, 7) is 0.991. The van der Waals surface area contributed by atoms with Crippen LogP contribution >= 0.6 is 23.2 Å². The first-order chi connectivity index (χ1) is 12.0. The third-order valence-corrected chi connectivity index (χ3v) is 4.44. The lowest BCUT2D eigenvalue weighted by molar-refractivity contribution is 0.0981.